The van der Waals surface area contributed by atoms with Crippen molar-refractivity contribution < 1.29 is 24.2 Å². The summed E-state index contributed by atoms with van der Waals surface area (Å²) >= 11 is 5.30. The summed E-state index contributed by atoms with van der Waals surface area (Å²) < 4.78 is 6.49. The average Bonchev–Trinajstić information content (AvgIpc) is 3.66. The van der Waals surface area contributed by atoms with Gasteiger partial charge in [0.2, 0.25) is 11.8 Å². The number of β-amino-alcohol motifs (C(OH)–C–C–N with tert-alkyl or cyclic N) is 1. The molecule has 40 heavy (non-hydrogen) atoms. The monoisotopic (exact) mass is 631 g/mol. The molecule has 0 saturated carbocycles. The number of aromatic nitrogens is 3. The Balaban J connectivity index is 1.44. The SMILES string of the molecule is C=CCCCCOC(=O)[C@H]1[C@@H]2SC3(CC2Br)C(C(=O)N(CC=C)Cn2nnc4ccccc42)N(CCO)C(=O)[C@H]13. The molecule has 3 aliphatic rings. The van der Waals surface area contributed by atoms with Crippen LogP contribution in [0, 0.1) is 11.8 Å². The summed E-state index contributed by atoms with van der Waals surface area (Å²) in [5.41, 5.74) is 1.49. The summed E-state index contributed by atoms with van der Waals surface area (Å²) in [4.78, 5) is 44.7. The van der Waals surface area contributed by atoms with Gasteiger partial charge in [-0.05, 0) is 37.8 Å². The van der Waals surface area contributed by atoms with E-state index in [1.54, 1.807) is 27.4 Å². The molecule has 0 radical (unpaired) electrons. The number of amides is 2. The fraction of sp³-hybridized carbons (Fsp3) is 0.536. The van der Waals surface area contributed by atoms with E-state index in [0.717, 1.165) is 24.8 Å². The van der Waals surface area contributed by atoms with Crippen molar-refractivity contribution in [2.24, 2.45) is 11.8 Å². The van der Waals surface area contributed by atoms with Crippen LogP contribution in [0.4, 0.5) is 0 Å². The zero-order valence-corrected chi connectivity index (χ0v) is 24.6. The first-order valence-corrected chi connectivity index (χ1v) is 15.4. The van der Waals surface area contributed by atoms with Crippen LogP contribution in [0.5, 0.6) is 0 Å². The molecule has 1 aromatic heterocycles. The van der Waals surface area contributed by atoms with E-state index in [-0.39, 0.29) is 54.9 Å². The summed E-state index contributed by atoms with van der Waals surface area (Å²) in [6.45, 7) is 7.89. The molecule has 6 atom stereocenters. The summed E-state index contributed by atoms with van der Waals surface area (Å²) in [5.74, 6) is -2.30. The molecule has 2 bridgehead atoms. The fourth-order valence-electron chi connectivity index (χ4n) is 6.42. The van der Waals surface area contributed by atoms with Crippen LogP contribution in [0.1, 0.15) is 25.7 Å². The number of aliphatic hydroxyl groups excluding tert-OH is 1. The molecule has 3 fully saturated rings. The normalized spacial score (nSPS) is 28.6. The lowest BCUT2D eigenvalue weighted by Gasteiger charge is -2.37. The lowest BCUT2D eigenvalue weighted by Crippen LogP contribution is -2.56. The minimum Gasteiger partial charge on any atom is -0.465 e. The smallest absolute Gasteiger partial charge is 0.310 e. The van der Waals surface area contributed by atoms with E-state index in [1.165, 1.54) is 4.90 Å². The number of likely N-dealkylation sites (tertiary alicyclic amines) is 1. The van der Waals surface area contributed by atoms with E-state index in [1.807, 2.05) is 30.3 Å². The van der Waals surface area contributed by atoms with Gasteiger partial charge < -0.3 is 19.6 Å². The number of halogens is 1. The molecular weight excluding hydrogens is 598 g/mol. The lowest BCUT2D eigenvalue weighted by molar-refractivity contribution is -0.154. The first kappa shape index (κ1) is 28.8. The van der Waals surface area contributed by atoms with Gasteiger partial charge in [0, 0.05) is 23.2 Å². The van der Waals surface area contributed by atoms with Gasteiger partial charge in [-0.15, -0.1) is 30.0 Å². The number of hydrogen-bond acceptors (Lipinski definition) is 8. The predicted molar refractivity (Wildman–Crippen MR) is 155 cm³/mol. The van der Waals surface area contributed by atoms with Gasteiger partial charge >= 0.3 is 5.97 Å². The van der Waals surface area contributed by atoms with Crippen molar-refractivity contribution in [2.75, 3.05) is 26.3 Å². The van der Waals surface area contributed by atoms with Crippen molar-refractivity contribution >= 4 is 56.5 Å². The van der Waals surface area contributed by atoms with Crippen LogP contribution in [0.15, 0.2) is 49.6 Å². The standard InChI is InChI=1S/C28H34BrN5O5S/c1-3-5-6-9-15-39-27(38)21-22-25(36)33(13-14-35)24(28(22)16-18(29)23(21)40-28)26(37)32(12-4-2)17-34-20-11-8-7-10-19(20)30-31-34/h3-4,7-8,10-11,18,21-24,35H,1-2,5-6,9,12-17H2/t18?,21-,22+,23-,24?,28?/m1/s1. The Morgan fingerprint density at radius 2 is 2.08 bits per heavy atom. The minimum absolute atomic E-state index is 0.00315. The molecular formula is C28H34BrN5O5S. The molecule has 12 heteroatoms. The van der Waals surface area contributed by atoms with Gasteiger partial charge in [0.1, 0.15) is 18.2 Å². The summed E-state index contributed by atoms with van der Waals surface area (Å²) in [6.07, 6.45) is 6.45. The van der Waals surface area contributed by atoms with Gasteiger partial charge in [-0.2, -0.15) is 0 Å². The predicted octanol–water partition coefficient (Wildman–Crippen LogP) is 2.76. The number of unbranched alkanes of at least 4 members (excludes halogenated alkanes) is 2. The molecule has 3 saturated heterocycles. The second kappa shape index (κ2) is 12.0. The van der Waals surface area contributed by atoms with E-state index in [2.05, 4.69) is 39.4 Å². The molecule has 0 aliphatic carbocycles. The number of hydrogen-bond donors (Lipinski definition) is 1. The maximum Gasteiger partial charge on any atom is 0.310 e. The van der Waals surface area contributed by atoms with Crippen LogP contribution >= 0.6 is 27.7 Å². The molecule has 1 N–H and O–H groups in total. The highest BCUT2D eigenvalue weighted by atomic mass is 79.9. The zero-order valence-electron chi connectivity index (χ0n) is 22.2. The van der Waals surface area contributed by atoms with Crippen LogP contribution in [0.3, 0.4) is 0 Å². The van der Waals surface area contributed by atoms with Crippen molar-refractivity contribution in [2.45, 2.75) is 53.2 Å². The number of para-hydroxylation sites is 1. The van der Waals surface area contributed by atoms with Crippen molar-refractivity contribution in [3.8, 4) is 0 Å². The quantitative estimate of drug-likeness (QED) is 0.155. The Labute approximate surface area is 245 Å². The first-order valence-electron chi connectivity index (χ1n) is 13.6. The van der Waals surface area contributed by atoms with Gasteiger partial charge in [0.05, 0.1) is 35.3 Å². The lowest BCUT2D eigenvalue weighted by atomic mass is 9.71. The molecule has 2 amide bonds. The second-order valence-electron chi connectivity index (χ2n) is 10.4. The molecule has 3 aliphatic heterocycles. The highest BCUT2D eigenvalue weighted by Gasteiger charge is 2.76. The van der Waals surface area contributed by atoms with Gasteiger partial charge in [0.15, 0.2) is 0 Å². The Morgan fingerprint density at radius 3 is 2.83 bits per heavy atom. The number of rotatable bonds is 13. The van der Waals surface area contributed by atoms with E-state index in [0.29, 0.717) is 11.9 Å². The Morgan fingerprint density at radius 1 is 1.27 bits per heavy atom. The number of fused-ring (bicyclic) bond motifs is 2. The number of thioether (sulfide) groups is 1. The Bertz CT molecular complexity index is 1300. The molecule has 5 rings (SSSR count). The average molecular weight is 633 g/mol. The number of benzene rings is 1. The van der Waals surface area contributed by atoms with Gasteiger partial charge in [-0.1, -0.05) is 45.4 Å². The minimum atomic E-state index is -0.854. The van der Waals surface area contributed by atoms with Gasteiger partial charge in [0.25, 0.3) is 0 Å². The van der Waals surface area contributed by atoms with E-state index >= 15 is 0 Å². The third-order valence-corrected chi connectivity index (χ3v) is 11.3. The Kier molecular flexibility index (Phi) is 8.67. The molecule has 1 aromatic carbocycles. The van der Waals surface area contributed by atoms with Crippen molar-refractivity contribution in [3.05, 3.63) is 49.6 Å². The molecule has 1 spiro atoms. The third kappa shape index (κ3) is 4.87. The van der Waals surface area contributed by atoms with Crippen LogP contribution in [0.2, 0.25) is 0 Å². The van der Waals surface area contributed by atoms with Crippen LogP contribution in [-0.4, -0.2) is 94.9 Å². The molecule has 214 valence electrons. The van der Waals surface area contributed by atoms with Crippen molar-refractivity contribution in [1.29, 1.82) is 0 Å². The number of aliphatic hydroxyl groups is 1. The maximum atomic E-state index is 14.4. The number of nitrogens with zero attached hydrogens (tertiary/aromatic N) is 5. The topological polar surface area (TPSA) is 118 Å². The van der Waals surface area contributed by atoms with E-state index in [4.69, 9.17) is 4.74 Å². The molecule has 4 heterocycles. The van der Waals surface area contributed by atoms with Crippen molar-refractivity contribution in [1.82, 2.24) is 24.8 Å². The van der Waals surface area contributed by atoms with Gasteiger partial charge in [-0.3, -0.25) is 14.4 Å². The number of carbonyl (C=O) groups excluding carboxylic acids is 3. The second-order valence-corrected chi connectivity index (χ2v) is 13.2. The van der Waals surface area contributed by atoms with E-state index in [9.17, 15) is 19.5 Å². The third-order valence-electron chi connectivity index (χ3n) is 8.07. The van der Waals surface area contributed by atoms with Crippen molar-refractivity contribution in [3.63, 3.8) is 0 Å². The van der Waals surface area contributed by atoms with Crippen LogP contribution in [-0.2, 0) is 25.8 Å². The highest BCUT2D eigenvalue weighted by Crippen LogP contribution is 2.68. The molecule has 2 aromatic rings. The summed E-state index contributed by atoms with van der Waals surface area (Å²) in [5, 5.41) is 18.1. The number of esters is 1. The highest BCUT2D eigenvalue weighted by molar-refractivity contribution is 9.09. The first-order chi connectivity index (χ1) is 19.4. The number of allylic oxidation sites excluding steroid dienone is 1. The number of carbonyl (C=O) groups is 3. The van der Waals surface area contributed by atoms with E-state index < -0.39 is 28.6 Å². The summed E-state index contributed by atoms with van der Waals surface area (Å²) in [7, 11) is 0. The maximum absolute atomic E-state index is 14.4. The summed E-state index contributed by atoms with van der Waals surface area (Å²) in [6, 6.07) is 6.63. The zero-order chi connectivity index (χ0) is 28.4. The molecule has 10 nitrogen and oxygen atoms in total. The Hall–Kier alpha value is -2.70. The van der Waals surface area contributed by atoms with Crippen LogP contribution in [0.25, 0.3) is 11.0 Å². The van der Waals surface area contributed by atoms with Gasteiger partial charge in [-0.25, -0.2) is 4.68 Å². The van der Waals surface area contributed by atoms with Crippen LogP contribution < -0.4 is 0 Å². The largest absolute Gasteiger partial charge is 0.465 e. The molecule has 3 unspecified atom stereocenters. The number of alkyl halides is 1. The fourth-order valence-corrected chi connectivity index (χ4v) is 10.0. The number of ether oxygens (including phenoxy) is 1.